The van der Waals surface area contributed by atoms with Gasteiger partial charge in [-0.3, -0.25) is 0 Å². The molecule has 0 aromatic carbocycles. The van der Waals surface area contributed by atoms with E-state index < -0.39 is 0 Å². The molecular formula is C12H16N6. The summed E-state index contributed by atoms with van der Waals surface area (Å²) in [5.74, 6) is 3.20. The summed E-state index contributed by atoms with van der Waals surface area (Å²) < 4.78 is 1.95. The maximum atomic E-state index is 4.61. The van der Waals surface area contributed by atoms with Crippen molar-refractivity contribution in [2.75, 3.05) is 11.4 Å². The molecule has 18 heavy (non-hydrogen) atoms. The standard InChI is InChI=1S/C12H16N6/c1-9(2)12-13-4-3-10(16-12)17-5-6-18-11(7-17)14-8-15-18/h3-4,8-9H,5-7H2,1-2H3. The van der Waals surface area contributed by atoms with E-state index in [1.54, 1.807) is 6.33 Å². The molecule has 6 heteroatoms. The number of hydrogen-bond acceptors (Lipinski definition) is 5. The van der Waals surface area contributed by atoms with Crippen molar-refractivity contribution >= 4 is 5.82 Å². The number of rotatable bonds is 2. The number of nitrogens with zero attached hydrogens (tertiary/aromatic N) is 6. The van der Waals surface area contributed by atoms with Crippen LogP contribution in [-0.4, -0.2) is 31.3 Å². The van der Waals surface area contributed by atoms with Crippen molar-refractivity contribution in [2.45, 2.75) is 32.9 Å². The largest absolute Gasteiger partial charge is 0.347 e. The highest BCUT2D eigenvalue weighted by atomic mass is 15.4. The molecule has 0 bridgehead atoms. The van der Waals surface area contributed by atoms with Gasteiger partial charge in [-0.25, -0.2) is 19.6 Å². The molecule has 3 heterocycles. The molecule has 0 spiro atoms. The Bertz CT molecular complexity index is 547. The van der Waals surface area contributed by atoms with Crippen LogP contribution < -0.4 is 4.90 Å². The normalized spacial score (nSPS) is 14.9. The Hall–Kier alpha value is -1.98. The van der Waals surface area contributed by atoms with Crippen molar-refractivity contribution < 1.29 is 0 Å². The van der Waals surface area contributed by atoms with Crippen LogP contribution in [0.1, 0.15) is 31.4 Å². The van der Waals surface area contributed by atoms with Crippen LogP contribution in [0.5, 0.6) is 0 Å². The zero-order chi connectivity index (χ0) is 12.5. The van der Waals surface area contributed by atoms with Gasteiger partial charge in [0.15, 0.2) is 0 Å². The first-order valence-corrected chi connectivity index (χ1v) is 6.18. The number of hydrogen-bond donors (Lipinski definition) is 0. The Kier molecular flexibility index (Phi) is 2.70. The van der Waals surface area contributed by atoms with Gasteiger partial charge in [0, 0.05) is 18.7 Å². The summed E-state index contributed by atoms with van der Waals surface area (Å²) in [6.45, 7) is 6.73. The molecular weight excluding hydrogens is 228 g/mol. The second-order valence-corrected chi connectivity index (χ2v) is 4.75. The van der Waals surface area contributed by atoms with Gasteiger partial charge in [-0.2, -0.15) is 5.10 Å². The molecule has 3 rings (SSSR count). The molecule has 0 fully saturated rings. The van der Waals surface area contributed by atoms with Crippen LogP contribution >= 0.6 is 0 Å². The fourth-order valence-corrected chi connectivity index (χ4v) is 2.08. The third-order valence-corrected chi connectivity index (χ3v) is 3.11. The second-order valence-electron chi connectivity index (χ2n) is 4.75. The first-order valence-electron chi connectivity index (χ1n) is 6.18. The molecule has 2 aromatic heterocycles. The smallest absolute Gasteiger partial charge is 0.146 e. The highest BCUT2D eigenvalue weighted by Gasteiger charge is 2.19. The average Bonchev–Trinajstić information content (AvgIpc) is 2.86. The summed E-state index contributed by atoms with van der Waals surface area (Å²) in [6, 6.07) is 1.96. The van der Waals surface area contributed by atoms with Gasteiger partial charge in [-0.15, -0.1) is 0 Å². The Labute approximate surface area is 106 Å². The molecule has 1 aliphatic heterocycles. The lowest BCUT2D eigenvalue weighted by molar-refractivity contribution is 0.509. The fraction of sp³-hybridized carbons (Fsp3) is 0.500. The van der Waals surface area contributed by atoms with Gasteiger partial charge in [0.25, 0.3) is 0 Å². The van der Waals surface area contributed by atoms with E-state index in [4.69, 9.17) is 0 Å². The van der Waals surface area contributed by atoms with Gasteiger partial charge < -0.3 is 4.90 Å². The van der Waals surface area contributed by atoms with Crippen LogP contribution in [0, 0.1) is 0 Å². The lowest BCUT2D eigenvalue weighted by Crippen LogP contribution is -2.35. The third-order valence-electron chi connectivity index (χ3n) is 3.11. The second kappa shape index (κ2) is 4.36. The third kappa shape index (κ3) is 1.94. The van der Waals surface area contributed by atoms with Crippen molar-refractivity contribution in [2.24, 2.45) is 0 Å². The molecule has 94 valence electrons. The number of fused-ring (bicyclic) bond motifs is 1. The SMILES string of the molecule is CC(C)c1nccc(N2CCn3ncnc3C2)n1. The van der Waals surface area contributed by atoms with Gasteiger partial charge in [-0.05, 0) is 6.07 Å². The Balaban J connectivity index is 1.86. The summed E-state index contributed by atoms with van der Waals surface area (Å²) in [7, 11) is 0. The van der Waals surface area contributed by atoms with Crippen molar-refractivity contribution in [3.8, 4) is 0 Å². The van der Waals surface area contributed by atoms with Crippen LogP contribution in [0.25, 0.3) is 0 Å². The van der Waals surface area contributed by atoms with E-state index >= 15 is 0 Å². The highest BCUT2D eigenvalue weighted by Crippen LogP contribution is 2.18. The van der Waals surface area contributed by atoms with Gasteiger partial charge in [-0.1, -0.05) is 13.8 Å². The highest BCUT2D eigenvalue weighted by molar-refractivity contribution is 5.38. The first kappa shape index (κ1) is 11.1. The molecule has 0 unspecified atom stereocenters. The maximum absolute atomic E-state index is 4.61. The van der Waals surface area contributed by atoms with Crippen LogP contribution in [0.2, 0.25) is 0 Å². The van der Waals surface area contributed by atoms with Crippen molar-refractivity contribution in [3.63, 3.8) is 0 Å². The molecule has 0 aliphatic carbocycles. The van der Waals surface area contributed by atoms with Crippen molar-refractivity contribution in [1.29, 1.82) is 0 Å². The Morgan fingerprint density at radius 3 is 2.94 bits per heavy atom. The number of aromatic nitrogens is 5. The summed E-state index contributed by atoms with van der Waals surface area (Å²) in [4.78, 5) is 15.4. The average molecular weight is 244 g/mol. The minimum absolute atomic E-state index is 0.346. The van der Waals surface area contributed by atoms with Crippen molar-refractivity contribution in [3.05, 3.63) is 30.2 Å². The quantitative estimate of drug-likeness (QED) is 0.794. The van der Waals surface area contributed by atoms with E-state index in [1.165, 1.54) is 0 Å². The molecule has 0 radical (unpaired) electrons. The fourth-order valence-electron chi connectivity index (χ4n) is 2.08. The van der Waals surface area contributed by atoms with E-state index in [2.05, 4.69) is 38.8 Å². The van der Waals surface area contributed by atoms with E-state index in [-0.39, 0.29) is 0 Å². The van der Waals surface area contributed by atoms with E-state index in [1.807, 2.05) is 16.9 Å². The zero-order valence-corrected chi connectivity index (χ0v) is 10.6. The lowest BCUT2D eigenvalue weighted by Gasteiger charge is -2.27. The van der Waals surface area contributed by atoms with Crippen LogP contribution in [-0.2, 0) is 13.1 Å². The Morgan fingerprint density at radius 1 is 1.22 bits per heavy atom. The monoisotopic (exact) mass is 244 g/mol. The predicted molar refractivity (Wildman–Crippen MR) is 67.2 cm³/mol. The van der Waals surface area contributed by atoms with Gasteiger partial charge in [0.2, 0.25) is 0 Å². The molecule has 0 N–H and O–H groups in total. The number of anilines is 1. The minimum Gasteiger partial charge on any atom is -0.347 e. The lowest BCUT2D eigenvalue weighted by atomic mass is 10.2. The molecule has 6 nitrogen and oxygen atoms in total. The molecule has 0 saturated carbocycles. The van der Waals surface area contributed by atoms with E-state index in [9.17, 15) is 0 Å². The van der Waals surface area contributed by atoms with Gasteiger partial charge in [0.05, 0.1) is 13.1 Å². The van der Waals surface area contributed by atoms with Crippen LogP contribution in [0.3, 0.4) is 0 Å². The molecule has 0 amide bonds. The predicted octanol–water partition coefficient (Wildman–Crippen LogP) is 1.21. The topological polar surface area (TPSA) is 59.7 Å². The minimum atomic E-state index is 0.346. The van der Waals surface area contributed by atoms with Crippen molar-refractivity contribution in [1.82, 2.24) is 24.7 Å². The zero-order valence-electron chi connectivity index (χ0n) is 10.6. The van der Waals surface area contributed by atoms with Crippen LogP contribution in [0.15, 0.2) is 18.6 Å². The Morgan fingerprint density at radius 2 is 2.11 bits per heavy atom. The molecule has 0 saturated heterocycles. The van der Waals surface area contributed by atoms with E-state index in [0.29, 0.717) is 5.92 Å². The molecule has 2 aromatic rings. The maximum Gasteiger partial charge on any atom is 0.146 e. The summed E-state index contributed by atoms with van der Waals surface area (Å²) in [5, 5.41) is 4.18. The molecule has 1 aliphatic rings. The summed E-state index contributed by atoms with van der Waals surface area (Å²) in [5.41, 5.74) is 0. The summed E-state index contributed by atoms with van der Waals surface area (Å²) >= 11 is 0. The van der Waals surface area contributed by atoms with Crippen LogP contribution in [0.4, 0.5) is 5.82 Å². The summed E-state index contributed by atoms with van der Waals surface area (Å²) in [6.07, 6.45) is 3.44. The van der Waals surface area contributed by atoms with E-state index in [0.717, 1.165) is 37.1 Å². The molecule has 0 atom stereocenters. The van der Waals surface area contributed by atoms with Gasteiger partial charge in [0.1, 0.15) is 23.8 Å². The van der Waals surface area contributed by atoms with Gasteiger partial charge >= 0.3 is 0 Å². The first-order chi connectivity index (χ1) is 8.74.